The van der Waals surface area contributed by atoms with E-state index < -0.39 is 0 Å². The molecule has 2 atom stereocenters. The van der Waals surface area contributed by atoms with Crippen LogP contribution in [0.3, 0.4) is 0 Å². The van der Waals surface area contributed by atoms with Crippen molar-refractivity contribution in [2.24, 2.45) is 5.41 Å². The van der Waals surface area contributed by atoms with Crippen molar-refractivity contribution < 1.29 is 0 Å². The van der Waals surface area contributed by atoms with Gasteiger partial charge < -0.3 is 5.32 Å². The van der Waals surface area contributed by atoms with Crippen molar-refractivity contribution >= 4 is 0 Å². The number of rotatable bonds is 4. The molecule has 0 bridgehead atoms. The lowest BCUT2D eigenvalue weighted by atomic mass is 9.85. The van der Waals surface area contributed by atoms with Crippen molar-refractivity contribution in [2.45, 2.75) is 77.8 Å². The van der Waals surface area contributed by atoms with Crippen molar-refractivity contribution in [1.29, 1.82) is 0 Å². The highest BCUT2D eigenvalue weighted by Gasteiger charge is 2.24. The third-order valence-corrected chi connectivity index (χ3v) is 3.90. The molecule has 0 spiro atoms. The van der Waals surface area contributed by atoms with Gasteiger partial charge in [-0.1, -0.05) is 27.2 Å². The first-order valence-corrected chi connectivity index (χ1v) is 6.77. The summed E-state index contributed by atoms with van der Waals surface area (Å²) in [5.74, 6) is 2.78. The second kappa shape index (κ2) is 6.30. The van der Waals surface area contributed by atoms with Gasteiger partial charge in [0.25, 0.3) is 0 Å². The summed E-state index contributed by atoms with van der Waals surface area (Å²) in [6.45, 7) is 7.01. The zero-order valence-electron chi connectivity index (χ0n) is 11.2. The van der Waals surface area contributed by atoms with E-state index in [9.17, 15) is 0 Å². The molecule has 1 aliphatic carbocycles. The Morgan fingerprint density at radius 2 is 2.12 bits per heavy atom. The van der Waals surface area contributed by atoms with Crippen LogP contribution in [0.5, 0.6) is 0 Å². The van der Waals surface area contributed by atoms with E-state index in [0.29, 0.717) is 17.5 Å². The van der Waals surface area contributed by atoms with Crippen LogP contribution in [0, 0.1) is 17.8 Å². The summed E-state index contributed by atoms with van der Waals surface area (Å²) in [6.07, 6.45) is 14.1. The molecule has 1 N–H and O–H groups in total. The van der Waals surface area contributed by atoms with Crippen LogP contribution in [0.15, 0.2) is 0 Å². The minimum Gasteiger partial charge on any atom is -0.310 e. The summed E-state index contributed by atoms with van der Waals surface area (Å²) in [5.41, 5.74) is 0.546. The molecule has 0 amide bonds. The van der Waals surface area contributed by atoms with E-state index in [1.807, 2.05) is 0 Å². The highest BCUT2D eigenvalue weighted by atomic mass is 14.9. The first kappa shape index (κ1) is 13.6. The summed E-state index contributed by atoms with van der Waals surface area (Å²) < 4.78 is 0. The van der Waals surface area contributed by atoms with Gasteiger partial charge in [0.1, 0.15) is 0 Å². The SMILES string of the molecule is C#CCC(CC)NC1CCCC(C)(C)CC1. The molecule has 1 rings (SSSR count). The Morgan fingerprint density at radius 1 is 1.38 bits per heavy atom. The van der Waals surface area contributed by atoms with Crippen LogP contribution in [0.25, 0.3) is 0 Å². The molecule has 0 saturated heterocycles. The molecule has 0 aromatic heterocycles. The molecule has 0 radical (unpaired) electrons. The molecule has 2 unspecified atom stereocenters. The van der Waals surface area contributed by atoms with Crippen molar-refractivity contribution in [3.05, 3.63) is 0 Å². The van der Waals surface area contributed by atoms with Gasteiger partial charge in [0.05, 0.1) is 0 Å². The zero-order chi connectivity index (χ0) is 12.0. The van der Waals surface area contributed by atoms with E-state index in [-0.39, 0.29) is 0 Å². The summed E-state index contributed by atoms with van der Waals surface area (Å²) >= 11 is 0. The molecular formula is C15H27N. The number of nitrogens with one attached hydrogen (secondary N) is 1. The molecule has 92 valence electrons. The van der Waals surface area contributed by atoms with Gasteiger partial charge >= 0.3 is 0 Å². The van der Waals surface area contributed by atoms with E-state index in [4.69, 9.17) is 6.42 Å². The maximum Gasteiger partial charge on any atom is 0.0240 e. The predicted molar refractivity (Wildman–Crippen MR) is 71.3 cm³/mol. The normalized spacial score (nSPS) is 26.8. The van der Waals surface area contributed by atoms with Gasteiger partial charge in [0.2, 0.25) is 0 Å². The second-order valence-corrected chi connectivity index (χ2v) is 5.97. The van der Waals surface area contributed by atoms with Crippen molar-refractivity contribution in [3.63, 3.8) is 0 Å². The van der Waals surface area contributed by atoms with Crippen LogP contribution in [0.2, 0.25) is 0 Å². The number of hydrogen-bond donors (Lipinski definition) is 1. The monoisotopic (exact) mass is 221 g/mol. The molecule has 1 nitrogen and oxygen atoms in total. The van der Waals surface area contributed by atoms with Crippen LogP contribution in [0.4, 0.5) is 0 Å². The number of hydrogen-bond acceptors (Lipinski definition) is 1. The molecule has 1 saturated carbocycles. The van der Waals surface area contributed by atoms with Gasteiger partial charge in [-0.15, -0.1) is 12.3 Å². The van der Waals surface area contributed by atoms with E-state index in [1.54, 1.807) is 0 Å². The topological polar surface area (TPSA) is 12.0 Å². The van der Waals surface area contributed by atoms with E-state index >= 15 is 0 Å². The third kappa shape index (κ3) is 4.58. The summed E-state index contributed by atoms with van der Waals surface area (Å²) in [5, 5.41) is 3.74. The summed E-state index contributed by atoms with van der Waals surface area (Å²) in [7, 11) is 0. The Labute approximate surface area is 101 Å². The molecular weight excluding hydrogens is 194 g/mol. The smallest absolute Gasteiger partial charge is 0.0240 e. The zero-order valence-corrected chi connectivity index (χ0v) is 11.2. The molecule has 0 aliphatic heterocycles. The maximum atomic E-state index is 5.39. The van der Waals surface area contributed by atoms with E-state index in [1.165, 1.54) is 32.1 Å². The molecule has 1 fully saturated rings. The Morgan fingerprint density at radius 3 is 2.75 bits per heavy atom. The fraction of sp³-hybridized carbons (Fsp3) is 0.867. The molecule has 1 heteroatoms. The van der Waals surface area contributed by atoms with Crippen LogP contribution >= 0.6 is 0 Å². The van der Waals surface area contributed by atoms with Crippen molar-refractivity contribution in [2.75, 3.05) is 0 Å². The first-order chi connectivity index (χ1) is 7.57. The standard InChI is InChI=1S/C15H27N/c1-5-8-13(6-2)16-14-9-7-11-15(3,4)12-10-14/h1,13-14,16H,6-12H2,2-4H3. The average Bonchev–Trinajstić information content (AvgIpc) is 2.40. The fourth-order valence-corrected chi connectivity index (χ4v) is 2.62. The van der Waals surface area contributed by atoms with Gasteiger partial charge in [-0.25, -0.2) is 0 Å². The van der Waals surface area contributed by atoms with Gasteiger partial charge in [-0.05, 0) is 37.5 Å². The molecule has 0 heterocycles. The van der Waals surface area contributed by atoms with Crippen molar-refractivity contribution in [1.82, 2.24) is 5.32 Å². The van der Waals surface area contributed by atoms with Gasteiger partial charge in [0.15, 0.2) is 0 Å². The van der Waals surface area contributed by atoms with Crippen LogP contribution in [0.1, 0.15) is 65.7 Å². The highest BCUT2D eigenvalue weighted by Crippen LogP contribution is 2.33. The highest BCUT2D eigenvalue weighted by molar-refractivity contribution is 4.91. The quantitative estimate of drug-likeness (QED) is 0.563. The lowest BCUT2D eigenvalue weighted by molar-refractivity contribution is 0.306. The molecule has 0 aromatic carbocycles. The third-order valence-electron chi connectivity index (χ3n) is 3.90. The molecule has 16 heavy (non-hydrogen) atoms. The fourth-order valence-electron chi connectivity index (χ4n) is 2.62. The van der Waals surface area contributed by atoms with Crippen LogP contribution in [-0.2, 0) is 0 Å². The Bertz CT molecular complexity index is 236. The Hall–Kier alpha value is -0.480. The molecule has 0 aromatic rings. The minimum atomic E-state index is 0.524. The Balaban J connectivity index is 2.40. The van der Waals surface area contributed by atoms with E-state index in [0.717, 1.165) is 12.8 Å². The van der Waals surface area contributed by atoms with Crippen molar-refractivity contribution in [3.8, 4) is 12.3 Å². The largest absolute Gasteiger partial charge is 0.310 e. The first-order valence-electron chi connectivity index (χ1n) is 6.77. The lowest BCUT2D eigenvalue weighted by Crippen LogP contribution is -2.37. The van der Waals surface area contributed by atoms with Crippen LogP contribution < -0.4 is 5.32 Å². The van der Waals surface area contributed by atoms with Gasteiger partial charge in [-0.2, -0.15) is 0 Å². The summed E-state index contributed by atoms with van der Waals surface area (Å²) in [4.78, 5) is 0. The Kier molecular flexibility index (Phi) is 5.35. The van der Waals surface area contributed by atoms with Gasteiger partial charge in [0, 0.05) is 18.5 Å². The number of terminal acetylenes is 1. The predicted octanol–water partition coefficient (Wildman–Crippen LogP) is 3.74. The van der Waals surface area contributed by atoms with E-state index in [2.05, 4.69) is 32.0 Å². The van der Waals surface area contributed by atoms with Gasteiger partial charge in [-0.3, -0.25) is 0 Å². The molecule has 1 aliphatic rings. The second-order valence-electron chi connectivity index (χ2n) is 5.97. The maximum absolute atomic E-state index is 5.39. The van der Waals surface area contributed by atoms with Crippen LogP contribution in [-0.4, -0.2) is 12.1 Å². The average molecular weight is 221 g/mol. The minimum absolute atomic E-state index is 0.524. The lowest BCUT2D eigenvalue weighted by Gasteiger charge is -2.24. The summed E-state index contributed by atoms with van der Waals surface area (Å²) in [6, 6.07) is 1.22.